The van der Waals surface area contributed by atoms with Crippen molar-refractivity contribution < 1.29 is 9.36 Å². The summed E-state index contributed by atoms with van der Waals surface area (Å²) in [7, 11) is 1.51. The molecule has 0 heterocycles. The van der Waals surface area contributed by atoms with Crippen molar-refractivity contribution in [3.8, 4) is 0 Å². The number of hydrogen-bond acceptors (Lipinski definition) is 3. The second-order valence-electron chi connectivity index (χ2n) is 2.87. The average Bonchev–Trinajstić information content (AvgIpc) is 1.59. The van der Waals surface area contributed by atoms with E-state index in [-0.39, 0.29) is 6.16 Å². The van der Waals surface area contributed by atoms with E-state index in [1.807, 2.05) is 19.0 Å². The van der Waals surface area contributed by atoms with Crippen LogP contribution in [-0.4, -0.2) is 44.4 Å². The van der Waals surface area contributed by atoms with Crippen molar-refractivity contribution >= 4 is 13.4 Å². The smallest absolute Gasteiger partial charge is 0.127 e. The van der Waals surface area contributed by atoms with E-state index in [9.17, 15) is 9.36 Å². The quantitative estimate of drug-likeness (QED) is 0.452. The molecule has 0 N–H and O–H groups in total. The lowest BCUT2D eigenvalue weighted by atomic mass is 10.9. The van der Waals surface area contributed by atoms with Crippen LogP contribution in [0.3, 0.4) is 0 Å². The molecule has 1 unspecified atom stereocenters. The van der Waals surface area contributed by atoms with Crippen LogP contribution in [-0.2, 0) is 9.36 Å². The van der Waals surface area contributed by atoms with Gasteiger partial charge < -0.3 is 14.3 Å². The van der Waals surface area contributed by atoms with Gasteiger partial charge in [0, 0.05) is 0 Å². The lowest BCUT2D eigenvalue weighted by molar-refractivity contribution is -0.105. The second-order valence-corrected chi connectivity index (χ2v) is 6.11. The first-order valence-corrected chi connectivity index (χ1v) is 5.64. The van der Waals surface area contributed by atoms with Gasteiger partial charge in [0.1, 0.15) is 13.4 Å². The molecule has 4 heteroatoms. The first kappa shape index (κ1) is 9.86. The number of carbonyl (C=O) groups is 1. The highest BCUT2D eigenvalue weighted by Gasteiger charge is 2.14. The third-order valence-corrected chi connectivity index (χ3v) is 3.13. The molecule has 1 atom stereocenters. The molecule has 60 valence electrons. The molecule has 0 bridgehead atoms. The number of hydrogen-bond donors (Lipinski definition) is 0. The van der Waals surface area contributed by atoms with Gasteiger partial charge in [-0.1, -0.05) is 0 Å². The Kier molecular flexibility index (Phi) is 3.84. The highest BCUT2D eigenvalue weighted by atomic mass is 31.2. The summed E-state index contributed by atoms with van der Waals surface area (Å²) in [5, 5.41) is 0. The molecule has 0 rings (SSSR count). The Morgan fingerprint density at radius 3 is 2.30 bits per heavy atom. The number of carbonyl (C=O) groups excluding carboxylic acids is 1. The van der Waals surface area contributed by atoms with Crippen molar-refractivity contribution in [3.63, 3.8) is 0 Å². The Morgan fingerprint density at radius 1 is 1.50 bits per heavy atom. The van der Waals surface area contributed by atoms with Gasteiger partial charge in [-0.15, -0.1) is 0 Å². The van der Waals surface area contributed by atoms with Gasteiger partial charge >= 0.3 is 0 Å². The highest BCUT2D eigenvalue weighted by molar-refractivity contribution is 7.63. The Labute approximate surface area is 61.8 Å². The molecule has 0 aliphatic heterocycles. The van der Waals surface area contributed by atoms with Crippen molar-refractivity contribution in [1.29, 1.82) is 0 Å². The summed E-state index contributed by atoms with van der Waals surface area (Å²) in [4.78, 5) is 11.8. The molecule has 0 aromatic rings. The summed E-state index contributed by atoms with van der Waals surface area (Å²) in [6.07, 6.45) is 1.45. The van der Waals surface area contributed by atoms with Crippen LogP contribution in [0.2, 0.25) is 0 Å². The summed E-state index contributed by atoms with van der Waals surface area (Å²) in [5.41, 5.74) is 0. The third kappa shape index (κ3) is 4.71. The van der Waals surface area contributed by atoms with E-state index in [1.165, 1.54) is 0 Å². The summed E-state index contributed by atoms with van der Waals surface area (Å²) in [5.74, 6) is 0. The third-order valence-electron chi connectivity index (χ3n) is 1.04. The topological polar surface area (TPSA) is 37.4 Å². The molecule has 0 aliphatic carbocycles. The maximum atomic E-state index is 11.4. The average molecular weight is 163 g/mol. The molecule has 10 heavy (non-hydrogen) atoms. The second kappa shape index (κ2) is 3.89. The Balaban J connectivity index is 3.87. The minimum absolute atomic E-state index is 0.200. The lowest BCUT2D eigenvalue weighted by Crippen LogP contribution is -2.14. The highest BCUT2D eigenvalue weighted by Crippen LogP contribution is 2.39. The van der Waals surface area contributed by atoms with Gasteiger partial charge in [-0.05, 0) is 20.8 Å². The fourth-order valence-corrected chi connectivity index (χ4v) is 2.44. The van der Waals surface area contributed by atoms with Crippen LogP contribution in [0.5, 0.6) is 0 Å². The Morgan fingerprint density at radius 2 is 2.00 bits per heavy atom. The molecule has 3 nitrogen and oxygen atoms in total. The summed E-state index contributed by atoms with van der Waals surface area (Å²) in [6, 6.07) is 0. The lowest BCUT2D eigenvalue weighted by Gasteiger charge is -2.14. The molecule has 0 saturated carbocycles. The van der Waals surface area contributed by atoms with E-state index in [0.29, 0.717) is 6.29 Å². The zero-order valence-electron chi connectivity index (χ0n) is 6.70. The molecule has 0 spiro atoms. The van der Waals surface area contributed by atoms with Crippen LogP contribution >= 0.6 is 7.14 Å². The normalized spacial score (nSPS) is 16.8. The molecule has 0 aromatic heterocycles. The number of rotatable bonds is 4. The maximum absolute atomic E-state index is 11.4. The molecule has 0 amide bonds. The van der Waals surface area contributed by atoms with Gasteiger partial charge in [0.25, 0.3) is 0 Å². The van der Waals surface area contributed by atoms with Crippen molar-refractivity contribution in [3.05, 3.63) is 0 Å². The van der Waals surface area contributed by atoms with Crippen LogP contribution in [0.4, 0.5) is 0 Å². The van der Waals surface area contributed by atoms with E-state index < -0.39 is 7.14 Å². The van der Waals surface area contributed by atoms with Crippen molar-refractivity contribution in [2.24, 2.45) is 0 Å². The van der Waals surface area contributed by atoms with Crippen molar-refractivity contribution in [2.75, 3.05) is 33.2 Å². The minimum atomic E-state index is -2.19. The van der Waals surface area contributed by atoms with Gasteiger partial charge in [-0.2, -0.15) is 0 Å². The first-order valence-electron chi connectivity index (χ1n) is 3.12. The SMILES string of the molecule is CN(C)CP(C)(=O)CC=O. The van der Waals surface area contributed by atoms with Crippen molar-refractivity contribution in [1.82, 2.24) is 4.90 Å². The van der Waals surface area contributed by atoms with Crippen LogP contribution in [0.1, 0.15) is 0 Å². The molecule has 0 aromatic carbocycles. The monoisotopic (exact) mass is 163 g/mol. The summed E-state index contributed by atoms with van der Waals surface area (Å²) in [6.45, 7) is 1.65. The Bertz CT molecular complexity index is 156. The number of aldehydes is 1. The van der Waals surface area contributed by atoms with Crippen LogP contribution < -0.4 is 0 Å². The van der Waals surface area contributed by atoms with E-state index in [2.05, 4.69) is 0 Å². The summed E-state index contributed by atoms with van der Waals surface area (Å²) >= 11 is 0. The van der Waals surface area contributed by atoms with Crippen molar-refractivity contribution in [2.45, 2.75) is 0 Å². The Hall–Kier alpha value is -0.140. The minimum Gasteiger partial charge on any atom is -0.322 e. The number of nitrogens with zero attached hydrogens (tertiary/aromatic N) is 1. The van der Waals surface area contributed by atoms with E-state index >= 15 is 0 Å². The molecule has 0 aliphatic rings. The predicted molar refractivity (Wildman–Crippen MR) is 43.0 cm³/mol. The van der Waals surface area contributed by atoms with E-state index in [0.717, 1.165) is 6.29 Å². The molecular weight excluding hydrogens is 149 g/mol. The van der Waals surface area contributed by atoms with Gasteiger partial charge in [-0.3, -0.25) is 0 Å². The standard InChI is InChI=1S/C6H14NO2P/c1-7(2)6-10(3,9)5-4-8/h4H,5-6H2,1-3H3. The molecule has 0 fully saturated rings. The maximum Gasteiger partial charge on any atom is 0.127 e. The van der Waals surface area contributed by atoms with Crippen LogP contribution in [0.15, 0.2) is 0 Å². The first-order chi connectivity index (χ1) is 4.48. The molecule has 0 radical (unpaired) electrons. The molecular formula is C6H14NO2P. The van der Waals surface area contributed by atoms with E-state index in [4.69, 9.17) is 0 Å². The molecule has 0 saturated heterocycles. The fourth-order valence-electron chi connectivity index (χ4n) is 0.814. The van der Waals surface area contributed by atoms with E-state index in [1.54, 1.807) is 6.66 Å². The zero-order valence-corrected chi connectivity index (χ0v) is 7.60. The zero-order chi connectivity index (χ0) is 8.20. The van der Waals surface area contributed by atoms with Crippen LogP contribution in [0, 0.1) is 0 Å². The van der Waals surface area contributed by atoms with Gasteiger partial charge in [0.05, 0.1) is 12.4 Å². The van der Waals surface area contributed by atoms with Crippen LogP contribution in [0.25, 0.3) is 0 Å². The van der Waals surface area contributed by atoms with Gasteiger partial charge in [0.15, 0.2) is 0 Å². The largest absolute Gasteiger partial charge is 0.322 e. The van der Waals surface area contributed by atoms with Gasteiger partial charge in [-0.25, -0.2) is 0 Å². The van der Waals surface area contributed by atoms with Gasteiger partial charge in [0.2, 0.25) is 0 Å². The summed E-state index contributed by atoms with van der Waals surface area (Å²) < 4.78 is 11.4. The fraction of sp³-hybridized carbons (Fsp3) is 0.833. The predicted octanol–water partition coefficient (Wildman–Crippen LogP) is 0.697.